The monoisotopic (exact) mass is 270 g/mol. The molecule has 0 fully saturated rings. The first-order chi connectivity index (χ1) is 8.56. The van der Waals surface area contributed by atoms with Crippen molar-refractivity contribution in [3.63, 3.8) is 0 Å². The molecular weight excluding hydrogens is 256 g/mol. The van der Waals surface area contributed by atoms with E-state index in [9.17, 15) is 9.59 Å². The Morgan fingerprint density at radius 2 is 2.06 bits per heavy atom. The van der Waals surface area contributed by atoms with Crippen LogP contribution in [0.4, 0.5) is 5.69 Å². The molecular formula is C12H15ClN2O3. The van der Waals surface area contributed by atoms with Crippen molar-refractivity contribution in [2.75, 3.05) is 18.5 Å². The Labute approximate surface area is 110 Å². The number of aliphatic hydroxyl groups excluding tert-OH is 1. The Morgan fingerprint density at radius 3 is 2.72 bits per heavy atom. The largest absolute Gasteiger partial charge is 0.396 e. The number of anilines is 1. The van der Waals surface area contributed by atoms with E-state index < -0.39 is 11.8 Å². The molecule has 0 spiro atoms. The second kappa shape index (κ2) is 6.98. The van der Waals surface area contributed by atoms with Gasteiger partial charge in [-0.05, 0) is 31.0 Å². The Morgan fingerprint density at radius 1 is 1.33 bits per heavy atom. The van der Waals surface area contributed by atoms with Crippen molar-refractivity contribution in [1.82, 2.24) is 5.32 Å². The fourth-order valence-corrected chi connectivity index (χ4v) is 1.46. The minimum atomic E-state index is -0.752. The van der Waals surface area contributed by atoms with Gasteiger partial charge in [0.1, 0.15) is 0 Å². The normalized spacial score (nSPS) is 9.94. The van der Waals surface area contributed by atoms with Crippen LogP contribution in [0.2, 0.25) is 5.02 Å². The van der Waals surface area contributed by atoms with Crippen molar-refractivity contribution in [3.8, 4) is 0 Å². The van der Waals surface area contributed by atoms with Crippen LogP contribution >= 0.6 is 11.6 Å². The van der Waals surface area contributed by atoms with Gasteiger partial charge in [0.25, 0.3) is 0 Å². The minimum Gasteiger partial charge on any atom is -0.396 e. The van der Waals surface area contributed by atoms with Crippen LogP contribution < -0.4 is 10.6 Å². The first kappa shape index (κ1) is 14.5. The lowest BCUT2D eigenvalue weighted by Gasteiger charge is -2.09. The smallest absolute Gasteiger partial charge is 0.313 e. The van der Waals surface area contributed by atoms with Crippen molar-refractivity contribution in [1.29, 1.82) is 0 Å². The van der Waals surface area contributed by atoms with Crippen molar-refractivity contribution in [2.45, 2.75) is 13.3 Å². The van der Waals surface area contributed by atoms with E-state index in [-0.39, 0.29) is 13.2 Å². The second-order valence-corrected chi connectivity index (χ2v) is 4.11. The minimum absolute atomic E-state index is 0.0324. The molecule has 0 saturated heterocycles. The van der Waals surface area contributed by atoms with E-state index in [1.165, 1.54) is 0 Å². The molecule has 98 valence electrons. The Kier molecular flexibility index (Phi) is 5.61. The van der Waals surface area contributed by atoms with Crippen molar-refractivity contribution < 1.29 is 14.7 Å². The molecule has 6 heteroatoms. The fraction of sp³-hybridized carbons (Fsp3) is 0.333. The van der Waals surface area contributed by atoms with Crippen LogP contribution in [0.5, 0.6) is 0 Å². The number of hydrogen-bond acceptors (Lipinski definition) is 3. The van der Waals surface area contributed by atoms with Gasteiger partial charge < -0.3 is 15.7 Å². The third-order valence-corrected chi connectivity index (χ3v) is 2.75. The molecule has 1 aromatic carbocycles. The summed E-state index contributed by atoms with van der Waals surface area (Å²) in [6.45, 7) is 1.98. The fourth-order valence-electron chi connectivity index (χ4n) is 1.28. The molecule has 18 heavy (non-hydrogen) atoms. The highest BCUT2D eigenvalue weighted by atomic mass is 35.5. The molecule has 0 aliphatic rings. The van der Waals surface area contributed by atoms with Crippen LogP contribution in [0, 0.1) is 6.92 Å². The first-order valence-electron chi connectivity index (χ1n) is 5.51. The summed E-state index contributed by atoms with van der Waals surface area (Å²) < 4.78 is 0. The zero-order chi connectivity index (χ0) is 13.5. The van der Waals surface area contributed by atoms with Gasteiger partial charge in [0.05, 0.1) is 0 Å². The SMILES string of the molecule is Cc1c(Cl)cccc1NC(=O)C(=O)NCCCO. The number of amides is 2. The van der Waals surface area contributed by atoms with Crippen molar-refractivity contribution in [2.24, 2.45) is 0 Å². The summed E-state index contributed by atoms with van der Waals surface area (Å²) >= 11 is 5.90. The highest BCUT2D eigenvalue weighted by molar-refractivity contribution is 6.40. The topological polar surface area (TPSA) is 78.4 Å². The van der Waals surface area contributed by atoms with Crippen molar-refractivity contribution in [3.05, 3.63) is 28.8 Å². The molecule has 5 nitrogen and oxygen atoms in total. The molecule has 2 amide bonds. The first-order valence-corrected chi connectivity index (χ1v) is 5.89. The third-order valence-electron chi connectivity index (χ3n) is 2.34. The standard InChI is InChI=1S/C12H15ClN2O3/c1-8-9(13)4-2-5-10(8)15-12(18)11(17)14-6-3-7-16/h2,4-5,16H,3,6-7H2,1H3,(H,14,17)(H,15,18). The van der Waals surface area contributed by atoms with Crippen LogP contribution in [-0.2, 0) is 9.59 Å². The van der Waals surface area contributed by atoms with Gasteiger partial charge in [-0.2, -0.15) is 0 Å². The summed E-state index contributed by atoms with van der Waals surface area (Å²) in [5.74, 6) is -1.49. The van der Waals surface area contributed by atoms with Crippen LogP contribution in [-0.4, -0.2) is 30.1 Å². The second-order valence-electron chi connectivity index (χ2n) is 3.70. The van der Waals surface area contributed by atoms with E-state index in [4.69, 9.17) is 16.7 Å². The molecule has 0 heterocycles. The number of benzene rings is 1. The number of carbonyl (C=O) groups excluding carboxylic acids is 2. The third kappa shape index (κ3) is 4.01. The average Bonchev–Trinajstić information content (AvgIpc) is 2.35. The average molecular weight is 271 g/mol. The molecule has 0 bridgehead atoms. The maximum Gasteiger partial charge on any atom is 0.313 e. The predicted octanol–water partition coefficient (Wildman–Crippen LogP) is 1.09. The van der Waals surface area contributed by atoms with Crippen molar-refractivity contribution >= 4 is 29.1 Å². The Balaban J connectivity index is 2.59. The number of hydrogen-bond donors (Lipinski definition) is 3. The summed E-state index contributed by atoms with van der Waals surface area (Å²) in [6, 6.07) is 5.06. The highest BCUT2D eigenvalue weighted by Gasteiger charge is 2.14. The summed E-state index contributed by atoms with van der Waals surface area (Å²) in [6.07, 6.45) is 0.412. The lowest BCUT2D eigenvalue weighted by molar-refractivity contribution is -0.136. The maximum absolute atomic E-state index is 11.5. The van der Waals surface area contributed by atoms with E-state index in [2.05, 4.69) is 10.6 Å². The van der Waals surface area contributed by atoms with E-state index in [0.29, 0.717) is 22.7 Å². The summed E-state index contributed by atoms with van der Waals surface area (Å²) in [5.41, 5.74) is 1.21. The van der Waals surface area contributed by atoms with Gasteiger partial charge >= 0.3 is 11.8 Å². The van der Waals surface area contributed by atoms with E-state index in [1.54, 1.807) is 25.1 Å². The molecule has 1 aromatic rings. The summed E-state index contributed by atoms with van der Waals surface area (Å²) in [7, 11) is 0. The van der Waals surface area contributed by atoms with Gasteiger partial charge in [-0.1, -0.05) is 17.7 Å². The lowest BCUT2D eigenvalue weighted by Crippen LogP contribution is -2.36. The molecule has 0 radical (unpaired) electrons. The van der Waals surface area contributed by atoms with Gasteiger partial charge in [-0.25, -0.2) is 0 Å². The van der Waals surface area contributed by atoms with Gasteiger partial charge in [0.15, 0.2) is 0 Å². The lowest BCUT2D eigenvalue weighted by atomic mass is 10.2. The van der Waals surface area contributed by atoms with Crippen LogP contribution in [0.15, 0.2) is 18.2 Å². The van der Waals surface area contributed by atoms with E-state index >= 15 is 0 Å². The number of carbonyl (C=O) groups is 2. The molecule has 0 aliphatic carbocycles. The van der Waals surface area contributed by atoms with Crippen LogP contribution in [0.3, 0.4) is 0 Å². The summed E-state index contributed by atoms with van der Waals surface area (Å²) in [5, 5.41) is 13.9. The summed E-state index contributed by atoms with van der Waals surface area (Å²) in [4.78, 5) is 22.9. The quantitative estimate of drug-likeness (QED) is 0.566. The Hall–Kier alpha value is -1.59. The number of halogens is 1. The van der Waals surface area contributed by atoms with Crippen LogP contribution in [0.25, 0.3) is 0 Å². The zero-order valence-electron chi connectivity index (χ0n) is 10.00. The molecule has 0 atom stereocenters. The van der Waals surface area contributed by atoms with Crippen LogP contribution in [0.1, 0.15) is 12.0 Å². The number of nitrogens with one attached hydrogen (secondary N) is 2. The van der Waals surface area contributed by atoms with E-state index in [0.717, 1.165) is 0 Å². The molecule has 0 unspecified atom stereocenters. The molecule has 0 saturated carbocycles. The van der Waals surface area contributed by atoms with Gasteiger partial charge in [0.2, 0.25) is 0 Å². The number of rotatable bonds is 4. The Bertz CT molecular complexity index is 449. The van der Waals surface area contributed by atoms with Gasteiger partial charge in [-0.3, -0.25) is 9.59 Å². The molecule has 0 aromatic heterocycles. The maximum atomic E-state index is 11.5. The number of aliphatic hydroxyl groups is 1. The predicted molar refractivity (Wildman–Crippen MR) is 69.5 cm³/mol. The zero-order valence-corrected chi connectivity index (χ0v) is 10.8. The molecule has 1 rings (SSSR count). The highest BCUT2D eigenvalue weighted by Crippen LogP contribution is 2.22. The molecule has 3 N–H and O–H groups in total. The van der Waals surface area contributed by atoms with E-state index in [1.807, 2.05) is 0 Å². The van der Waals surface area contributed by atoms with Gasteiger partial charge in [0, 0.05) is 23.9 Å². The molecule has 0 aliphatic heterocycles. The van der Waals surface area contributed by atoms with Gasteiger partial charge in [-0.15, -0.1) is 0 Å².